The van der Waals surface area contributed by atoms with Gasteiger partial charge in [-0.25, -0.2) is 9.97 Å². The fourth-order valence-electron chi connectivity index (χ4n) is 8.24. The maximum atomic E-state index is 5.43. The molecule has 0 saturated heterocycles. The van der Waals surface area contributed by atoms with Gasteiger partial charge in [0.2, 0.25) is 0 Å². The Bertz CT molecular complexity index is 3160. The van der Waals surface area contributed by atoms with Gasteiger partial charge in [-0.1, -0.05) is 133 Å². The van der Waals surface area contributed by atoms with Crippen LogP contribution in [0.2, 0.25) is 0 Å². The summed E-state index contributed by atoms with van der Waals surface area (Å²) in [5.74, 6) is 0.811. The molecule has 0 radical (unpaired) electrons. The number of rotatable bonds is 4. The molecule has 8 aromatic carbocycles. The topological polar surface area (TPSA) is 35.6 Å². The number of hydrogen-bond donors (Lipinski definition) is 0. The van der Waals surface area contributed by atoms with E-state index in [2.05, 4.69) is 179 Å². The summed E-state index contributed by atoms with van der Waals surface area (Å²) in [6.45, 7) is 0. The van der Waals surface area contributed by atoms with Crippen LogP contribution in [0.3, 0.4) is 0 Å². The van der Waals surface area contributed by atoms with Crippen molar-refractivity contribution in [3.63, 3.8) is 0 Å². The average Bonchev–Trinajstić information content (AvgIpc) is 3.49. The number of benzene rings is 8. The van der Waals surface area contributed by atoms with Gasteiger partial charge in [0, 0.05) is 27.4 Å². The van der Waals surface area contributed by atoms with E-state index in [0.29, 0.717) is 0 Å². The van der Waals surface area contributed by atoms with Crippen molar-refractivity contribution in [2.75, 3.05) is 0 Å². The minimum absolute atomic E-state index is 0.811. The average molecular weight is 663 g/mol. The highest BCUT2D eigenvalue weighted by molar-refractivity contribution is 6.28. The Labute approximate surface area is 299 Å². The molecule has 0 atom stereocenters. The number of aromatic nitrogens is 4. The van der Waals surface area contributed by atoms with Crippen LogP contribution in [0, 0.1) is 0 Å². The summed E-state index contributed by atoms with van der Waals surface area (Å²) in [5.41, 5.74) is 11.6. The Hall–Kier alpha value is -7.04. The largest absolute Gasteiger partial charge is 0.309 e. The van der Waals surface area contributed by atoms with Crippen molar-refractivity contribution >= 4 is 65.4 Å². The van der Waals surface area contributed by atoms with Gasteiger partial charge >= 0.3 is 0 Å². The Morgan fingerprint density at radius 2 is 0.904 bits per heavy atom. The molecule has 4 heteroatoms. The van der Waals surface area contributed by atoms with Gasteiger partial charge in [0.25, 0.3) is 0 Å². The van der Waals surface area contributed by atoms with Crippen molar-refractivity contribution in [2.45, 2.75) is 0 Å². The maximum Gasteiger partial charge on any atom is 0.165 e. The predicted molar refractivity (Wildman–Crippen MR) is 217 cm³/mol. The third kappa shape index (κ3) is 4.21. The Balaban J connectivity index is 1.23. The third-order valence-corrected chi connectivity index (χ3v) is 10.5. The lowest BCUT2D eigenvalue weighted by molar-refractivity contribution is 1.08. The molecule has 0 fully saturated rings. The number of nitrogens with zero attached hydrogens (tertiary/aromatic N) is 4. The van der Waals surface area contributed by atoms with Crippen LogP contribution in [0.5, 0.6) is 0 Å². The Morgan fingerprint density at radius 1 is 0.346 bits per heavy atom. The molecule has 0 unspecified atom stereocenters. The smallest absolute Gasteiger partial charge is 0.165 e. The van der Waals surface area contributed by atoms with Crippen LogP contribution in [0.4, 0.5) is 0 Å². The number of para-hydroxylation sites is 4. The highest BCUT2D eigenvalue weighted by Gasteiger charge is 2.23. The zero-order valence-electron chi connectivity index (χ0n) is 28.1. The minimum atomic E-state index is 0.811. The standard InChI is InChI=1S/C48H30N4/c1-2-15-34(16-3-1)51-41-23-9-6-18-37(41)38-20-11-24-42-45(38)46-43(51)25-12-26-44(46)52(42)48-47(49-39-21-7-8-22-40(39)50-48)33-29-27-32(28-30-33)36-19-10-14-31-13-4-5-17-35(31)36/h1-30H. The van der Waals surface area contributed by atoms with Crippen LogP contribution in [0.1, 0.15) is 0 Å². The van der Waals surface area contributed by atoms with E-state index >= 15 is 0 Å². The summed E-state index contributed by atoms with van der Waals surface area (Å²) in [6, 6.07) is 64.8. The quantitative estimate of drug-likeness (QED) is 0.188. The van der Waals surface area contributed by atoms with Gasteiger partial charge in [-0.15, -0.1) is 0 Å². The first-order valence-corrected chi connectivity index (χ1v) is 17.7. The van der Waals surface area contributed by atoms with Crippen LogP contribution in [-0.2, 0) is 0 Å². The van der Waals surface area contributed by atoms with Crippen LogP contribution >= 0.6 is 0 Å². The molecule has 0 amide bonds. The first-order valence-electron chi connectivity index (χ1n) is 17.7. The first-order chi connectivity index (χ1) is 25.8. The molecule has 0 aliphatic heterocycles. The van der Waals surface area contributed by atoms with Gasteiger partial charge in [0.1, 0.15) is 5.69 Å². The molecule has 11 aromatic rings. The van der Waals surface area contributed by atoms with Crippen molar-refractivity contribution in [3.05, 3.63) is 182 Å². The highest BCUT2D eigenvalue weighted by atomic mass is 15.1. The van der Waals surface area contributed by atoms with Crippen LogP contribution in [0.25, 0.3) is 99.3 Å². The van der Waals surface area contributed by atoms with Crippen molar-refractivity contribution < 1.29 is 0 Å². The van der Waals surface area contributed by atoms with E-state index in [1.807, 2.05) is 12.1 Å². The molecular formula is C48H30N4. The molecule has 4 nitrogen and oxygen atoms in total. The molecule has 52 heavy (non-hydrogen) atoms. The van der Waals surface area contributed by atoms with Gasteiger partial charge in [-0.05, 0) is 75.8 Å². The lowest BCUT2D eigenvalue weighted by atomic mass is 9.97. The van der Waals surface area contributed by atoms with E-state index in [4.69, 9.17) is 9.97 Å². The molecule has 242 valence electrons. The minimum Gasteiger partial charge on any atom is -0.309 e. The first kappa shape index (κ1) is 28.8. The predicted octanol–water partition coefficient (Wildman–Crippen LogP) is 12.3. The van der Waals surface area contributed by atoms with Gasteiger partial charge < -0.3 is 4.57 Å². The molecule has 0 aliphatic carbocycles. The van der Waals surface area contributed by atoms with Crippen molar-refractivity contribution in [3.8, 4) is 33.9 Å². The zero-order chi connectivity index (χ0) is 34.2. The summed E-state index contributed by atoms with van der Waals surface area (Å²) in [5, 5.41) is 7.29. The molecule has 0 spiro atoms. The zero-order valence-corrected chi connectivity index (χ0v) is 28.1. The Morgan fingerprint density at radius 3 is 1.73 bits per heavy atom. The molecule has 0 N–H and O–H groups in total. The van der Waals surface area contributed by atoms with Crippen LogP contribution in [0.15, 0.2) is 182 Å². The van der Waals surface area contributed by atoms with Gasteiger partial charge in [0.05, 0.1) is 33.1 Å². The van der Waals surface area contributed by atoms with Crippen molar-refractivity contribution in [1.82, 2.24) is 19.1 Å². The number of hydrogen-bond acceptors (Lipinski definition) is 2. The molecule has 3 aromatic heterocycles. The van der Waals surface area contributed by atoms with E-state index in [9.17, 15) is 0 Å². The second kappa shape index (κ2) is 11.2. The van der Waals surface area contributed by atoms with E-state index in [1.54, 1.807) is 0 Å². The van der Waals surface area contributed by atoms with Gasteiger partial charge in [0.15, 0.2) is 5.82 Å². The van der Waals surface area contributed by atoms with E-state index in [0.717, 1.165) is 55.9 Å². The van der Waals surface area contributed by atoms with Crippen LogP contribution in [-0.4, -0.2) is 19.1 Å². The maximum absolute atomic E-state index is 5.43. The summed E-state index contributed by atoms with van der Waals surface area (Å²) in [6.07, 6.45) is 0. The summed E-state index contributed by atoms with van der Waals surface area (Å²) >= 11 is 0. The third-order valence-electron chi connectivity index (χ3n) is 10.5. The number of fused-ring (bicyclic) bond motifs is 4. The summed E-state index contributed by atoms with van der Waals surface area (Å²) in [4.78, 5) is 10.8. The second-order valence-corrected chi connectivity index (χ2v) is 13.4. The Kier molecular flexibility index (Phi) is 6.22. The van der Waals surface area contributed by atoms with E-state index < -0.39 is 0 Å². The lowest BCUT2D eigenvalue weighted by Gasteiger charge is -2.15. The normalized spacial score (nSPS) is 11.8. The molecule has 0 aliphatic rings. The molecule has 0 bridgehead atoms. The molecular weight excluding hydrogens is 633 g/mol. The molecule has 11 rings (SSSR count). The van der Waals surface area contributed by atoms with Crippen LogP contribution < -0.4 is 0 Å². The monoisotopic (exact) mass is 662 g/mol. The second-order valence-electron chi connectivity index (χ2n) is 13.4. The SMILES string of the molecule is c1ccc(-n2c3ccccc3c3cccc4c3c3c2cccc3n4-c2nc3ccccc3nc2-c2ccc(-c3cccc4ccccc34)cc2)cc1. The van der Waals surface area contributed by atoms with E-state index in [-0.39, 0.29) is 0 Å². The summed E-state index contributed by atoms with van der Waals surface area (Å²) < 4.78 is 4.74. The lowest BCUT2D eigenvalue weighted by Crippen LogP contribution is -2.04. The molecule has 0 saturated carbocycles. The highest BCUT2D eigenvalue weighted by Crippen LogP contribution is 2.43. The van der Waals surface area contributed by atoms with Gasteiger partial charge in [-0.2, -0.15) is 0 Å². The fourth-order valence-corrected chi connectivity index (χ4v) is 8.24. The summed E-state index contributed by atoms with van der Waals surface area (Å²) in [7, 11) is 0. The van der Waals surface area contributed by atoms with Crippen molar-refractivity contribution in [2.24, 2.45) is 0 Å². The van der Waals surface area contributed by atoms with Crippen molar-refractivity contribution in [1.29, 1.82) is 0 Å². The fraction of sp³-hybridized carbons (Fsp3) is 0. The van der Waals surface area contributed by atoms with E-state index in [1.165, 1.54) is 43.4 Å². The molecule has 3 heterocycles. The van der Waals surface area contributed by atoms with Gasteiger partial charge in [-0.3, -0.25) is 4.57 Å².